The number of carbonyl (C=O) groups is 1. The van der Waals surface area contributed by atoms with Gasteiger partial charge in [0.15, 0.2) is 5.13 Å². The normalized spacial score (nSPS) is 21.1. The molecule has 112 valence electrons. The average molecular weight is 295 g/mol. The molecule has 0 spiro atoms. The van der Waals surface area contributed by atoms with Gasteiger partial charge in [-0.3, -0.25) is 4.79 Å². The van der Waals surface area contributed by atoms with Crippen LogP contribution in [-0.2, 0) is 17.6 Å². The minimum Gasteiger partial charge on any atom is -0.327 e. The Morgan fingerprint density at radius 1 is 1.55 bits per heavy atom. The topological polar surface area (TPSA) is 68.0 Å². The number of fused-ring (bicyclic) bond motifs is 1. The van der Waals surface area contributed by atoms with E-state index in [4.69, 9.17) is 5.73 Å². The number of aryl methyl sites for hydroxylation is 1. The fourth-order valence-corrected chi connectivity index (χ4v) is 3.73. The summed E-state index contributed by atoms with van der Waals surface area (Å²) in [7, 11) is 0. The van der Waals surface area contributed by atoms with E-state index in [1.807, 2.05) is 13.8 Å². The zero-order valence-corrected chi connectivity index (χ0v) is 13.4. The van der Waals surface area contributed by atoms with Gasteiger partial charge in [-0.15, -0.1) is 11.3 Å². The fourth-order valence-electron chi connectivity index (χ4n) is 2.61. The SMILES string of the molecule is CCCC1CCc2nc(NC(=O)C(C)C(C)N)sc2C1. The van der Waals surface area contributed by atoms with Gasteiger partial charge in [0, 0.05) is 10.9 Å². The highest BCUT2D eigenvalue weighted by molar-refractivity contribution is 7.15. The number of anilines is 1. The van der Waals surface area contributed by atoms with Crippen molar-refractivity contribution in [2.45, 2.75) is 58.9 Å². The van der Waals surface area contributed by atoms with E-state index in [1.54, 1.807) is 11.3 Å². The number of nitrogens with two attached hydrogens (primary N) is 1. The number of aromatic nitrogens is 1. The fraction of sp³-hybridized carbons (Fsp3) is 0.733. The van der Waals surface area contributed by atoms with Gasteiger partial charge in [0.25, 0.3) is 0 Å². The van der Waals surface area contributed by atoms with Gasteiger partial charge >= 0.3 is 0 Å². The number of carbonyl (C=O) groups excluding carboxylic acids is 1. The molecule has 3 atom stereocenters. The number of nitrogens with zero attached hydrogens (tertiary/aromatic N) is 1. The van der Waals surface area contributed by atoms with Crippen LogP contribution in [0.4, 0.5) is 5.13 Å². The first-order valence-electron chi connectivity index (χ1n) is 7.56. The number of hydrogen-bond donors (Lipinski definition) is 2. The van der Waals surface area contributed by atoms with Crippen LogP contribution in [0.5, 0.6) is 0 Å². The molecule has 1 heterocycles. The van der Waals surface area contributed by atoms with Crippen molar-refractivity contribution in [3.8, 4) is 0 Å². The van der Waals surface area contributed by atoms with E-state index < -0.39 is 0 Å². The van der Waals surface area contributed by atoms with Crippen LogP contribution in [0.25, 0.3) is 0 Å². The van der Waals surface area contributed by atoms with E-state index in [0.29, 0.717) is 0 Å². The van der Waals surface area contributed by atoms with Gasteiger partial charge in [0.1, 0.15) is 0 Å². The average Bonchev–Trinajstić information content (AvgIpc) is 2.79. The molecule has 0 aliphatic heterocycles. The quantitative estimate of drug-likeness (QED) is 0.877. The Labute approximate surface area is 125 Å². The zero-order valence-electron chi connectivity index (χ0n) is 12.6. The molecule has 1 aromatic rings. The minimum atomic E-state index is -0.191. The van der Waals surface area contributed by atoms with Crippen molar-refractivity contribution in [1.29, 1.82) is 0 Å². The summed E-state index contributed by atoms with van der Waals surface area (Å²) >= 11 is 1.64. The van der Waals surface area contributed by atoms with Gasteiger partial charge < -0.3 is 11.1 Å². The minimum absolute atomic E-state index is 0.0313. The highest BCUT2D eigenvalue weighted by Gasteiger charge is 2.24. The second-order valence-electron chi connectivity index (χ2n) is 5.92. The molecule has 0 fully saturated rings. The van der Waals surface area contributed by atoms with Crippen LogP contribution in [0.15, 0.2) is 0 Å². The standard InChI is InChI=1S/C15H25N3OS/c1-4-5-11-6-7-12-13(8-11)20-15(17-12)18-14(19)9(2)10(3)16/h9-11H,4-8,16H2,1-3H3,(H,17,18,19). The Morgan fingerprint density at radius 2 is 2.30 bits per heavy atom. The molecule has 2 rings (SSSR count). The van der Waals surface area contributed by atoms with Crippen LogP contribution in [0.3, 0.4) is 0 Å². The van der Waals surface area contributed by atoms with Crippen LogP contribution < -0.4 is 11.1 Å². The lowest BCUT2D eigenvalue weighted by Crippen LogP contribution is -2.34. The molecular weight excluding hydrogens is 270 g/mol. The number of nitrogens with one attached hydrogen (secondary N) is 1. The third-order valence-electron chi connectivity index (χ3n) is 4.17. The van der Waals surface area contributed by atoms with Crippen LogP contribution in [-0.4, -0.2) is 16.9 Å². The second kappa shape index (κ2) is 6.68. The summed E-state index contributed by atoms with van der Waals surface area (Å²) in [5.74, 6) is 0.569. The van der Waals surface area contributed by atoms with E-state index in [1.165, 1.54) is 29.8 Å². The van der Waals surface area contributed by atoms with Crippen molar-refractivity contribution < 1.29 is 4.79 Å². The van der Waals surface area contributed by atoms with E-state index in [0.717, 1.165) is 23.9 Å². The van der Waals surface area contributed by atoms with Crippen molar-refractivity contribution in [3.63, 3.8) is 0 Å². The van der Waals surface area contributed by atoms with Crippen LogP contribution >= 0.6 is 11.3 Å². The van der Waals surface area contributed by atoms with E-state index >= 15 is 0 Å². The van der Waals surface area contributed by atoms with Crippen molar-refractivity contribution in [2.75, 3.05) is 5.32 Å². The third-order valence-corrected chi connectivity index (χ3v) is 5.21. The predicted octanol–water partition coefficient (Wildman–Crippen LogP) is 2.97. The highest BCUT2D eigenvalue weighted by Crippen LogP contribution is 2.34. The van der Waals surface area contributed by atoms with Crippen molar-refractivity contribution in [3.05, 3.63) is 10.6 Å². The van der Waals surface area contributed by atoms with Crippen molar-refractivity contribution in [2.24, 2.45) is 17.6 Å². The predicted molar refractivity (Wildman–Crippen MR) is 84.0 cm³/mol. The maximum atomic E-state index is 12.0. The Balaban J connectivity index is 2.01. The van der Waals surface area contributed by atoms with Crippen LogP contribution in [0.2, 0.25) is 0 Å². The van der Waals surface area contributed by atoms with E-state index in [2.05, 4.69) is 17.2 Å². The van der Waals surface area contributed by atoms with Crippen molar-refractivity contribution in [1.82, 2.24) is 4.98 Å². The van der Waals surface area contributed by atoms with Crippen LogP contribution in [0, 0.1) is 11.8 Å². The maximum absolute atomic E-state index is 12.0. The summed E-state index contributed by atoms with van der Waals surface area (Å²) in [6.45, 7) is 5.94. The van der Waals surface area contributed by atoms with Crippen molar-refractivity contribution >= 4 is 22.4 Å². The zero-order chi connectivity index (χ0) is 14.7. The van der Waals surface area contributed by atoms with Gasteiger partial charge in [-0.2, -0.15) is 0 Å². The van der Waals surface area contributed by atoms with Gasteiger partial charge in [-0.1, -0.05) is 26.7 Å². The highest BCUT2D eigenvalue weighted by atomic mass is 32.1. The Bertz CT molecular complexity index is 470. The number of thiazole rings is 1. The van der Waals surface area contributed by atoms with Crippen LogP contribution in [0.1, 0.15) is 50.6 Å². The summed E-state index contributed by atoms with van der Waals surface area (Å²) in [5, 5.41) is 3.66. The molecule has 3 N–H and O–H groups in total. The summed E-state index contributed by atoms with van der Waals surface area (Å²) < 4.78 is 0. The third kappa shape index (κ3) is 3.58. The molecule has 0 aromatic carbocycles. The maximum Gasteiger partial charge on any atom is 0.230 e. The molecule has 5 heteroatoms. The lowest BCUT2D eigenvalue weighted by atomic mass is 9.88. The van der Waals surface area contributed by atoms with Gasteiger partial charge in [0.05, 0.1) is 11.6 Å². The Morgan fingerprint density at radius 3 is 2.95 bits per heavy atom. The summed E-state index contributed by atoms with van der Waals surface area (Å²) in [6.07, 6.45) is 5.94. The smallest absolute Gasteiger partial charge is 0.230 e. The van der Waals surface area contributed by atoms with Gasteiger partial charge in [-0.05, 0) is 32.1 Å². The molecule has 20 heavy (non-hydrogen) atoms. The lowest BCUT2D eigenvalue weighted by Gasteiger charge is -2.19. The molecule has 0 radical (unpaired) electrons. The second-order valence-corrected chi connectivity index (χ2v) is 7.01. The molecule has 1 amide bonds. The lowest BCUT2D eigenvalue weighted by molar-refractivity contribution is -0.119. The summed E-state index contributed by atoms with van der Waals surface area (Å²) in [5.41, 5.74) is 6.95. The first-order valence-corrected chi connectivity index (χ1v) is 8.38. The summed E-state index contributed by atoms with van der Waals surface area (Å²) in [6, 6.07) is -0.140. The molecule has 1 aliphatic carbocycles. The molecule has 0 saturated carbocycles. The monoisotopic (exact) mass is 295 g/mol. The van der Waals surface area contributed by atoms with E-state index in [-0.39, 0.29) is 17.9 Å². The van der Waals surface area contributed by atoms with E-state index in [9.17, 15) is 4.79 Å². The summed E-state index contributed by atoms with van der Waals surface area (Å²) in [4.78, 5) is 17.9. The largest absolute Gasteiger partial charge is 0.327 e. The number of hydrogen-bond acceptors (Lipinski definition) is 4. The van der Waals surface area contributed by atoms with Gasteiger partial charge in [-0.25, -0.2) is 4.98 Å². The Hall–Kier alpha value is -0.940. The first-order chi connectivity index (χ1) is 9.51. The van der Waals surface area contributed by atoms with Gasteiger partial charge in [0.2, 0.25) is 5.91 Å². The molecule has 0 bridgehead atoms. The molecule has 3 unspecified atom stereocenters. The molecule has 4 nitrogen and oxygen atoms in total. The Kier molecular flexibility index (Phi) is 5.16. The molecular formula is C15H25N3OS. The first kappa shape index (κ1) is 15.4. The molecule has 0 saturated heterocycles. The molecule has 1 aromatic heterocycles. The number of amides is 1. The number of rotatable bonds is 5. The molecule has 1 aliphatic rings.